The first-order chi connectivity index (χ1) is 12.0. The van der Waals surface area contributed by atoms with Gasteiger partial charge >= 0.3 is 5.97 Å². The summed E-state index contributed by atoms with van der Waals surface area (Å²) >= 11 is 1.45. The Morgan fingerprint density at radius 3 is 2.52 bits per heavy atom. The number of nitrogens with one attached hydrogen (secondary N) is 1. The number of hydrogen-bond acceptors (Lipinski definition) is 6. The maximum Gasteiger partial charge on any atom is 0.337 e. The number of carboxylic acids is 1. The van der Waals surface area contributed by atoms with Gasteiger partial charge < -0.3 is 19.9 Å². The molecule has 0 aliphatic heterocycles. The van der Waals surface area contributed by atoms with E-state index in [4.69, 9.17) is 9.47 Å². The maximum atomic E-state index is 12.1. The predicted octanol–water partition coefficient (Wildman–Crippen LogP) is 2.92. The van der Waals surface area contributed by atoms with E-state index in [9.17, 15) is 14.7 Å². The largest absolute Gasteiger partial charge is 0.493 e. The number of thioether (sulfide) groups is 1. The summed E-state index contributed by atoms with van der Waals surface area (Å²) in [5.74, 6) is -0.315. The van der Waals surface area contributed by atoms with Gasteiger partial charge in [0, 0.05) is 30.5 Å². The molecule has 0 spiro atoms. The Hall–Kier alpha value is -2.74. The number of benzene rings is 1. The second-order valence-electron chi connectivity index (χ2n) is 4.87. The highest BCUT2D eigenvalue weighted by Gasteiger charge is 2.17. The third-order valence-corrected chi connectivity index (χ3v) is 4.19. The Balaban J connectivity index is 2.05. The van der Waals surface area contributed by atoms with Gasteiger partial charge in [0.25, 0.3) is 0 Å². The quantitative estimate of drug-likeness (QED) is 0.697. The third-order valence-electron chi connectivity index (χ3n) is 3.25. The number of carbonyl (C=O) groups is 2. The summed E-state index contributed by atoms with van der Waals surface area (Å²) in [5.41, 5.74) is 0.0985. The number of hydrogen-bond donors (Lipinski definition) is 2. The predicted molar refractivity (Wildman–Crippen MR) is 94.7 cm³/mol. The van der Waals surface area contributed by atoms with Gasteiger partial charge in [0.15, 0.2) is 11.5 Å². The summed E-state index contributed by atoms with van der Waals surface area (Å²) in [4.78, 5) is 27.7. The molecule has 0 saturated heterocycles. The van der Waals surface area contributed by atoms with Crippen LogP contribution in [0.3, 0.4) is 0 Å². The van der Waals surface area contributed by atoms with E-state index in [0.717, 1.165) is 5.03 Å². The van der Waals surface area contributed by atoms with Crippen molar-refractivity contribution >= 4 is 29.3 Å². The molecular weight excluding hydrogens is 344 g/mol. The third kappa shape index (κ3) is 5.12. The van der Waals surface area contributed by atoms with Crippen LogP contribution in [-0.2, 0) is 4.79 Å². The summed E-state index contributed by atoms with van der Waals surface area (Å²) in [6.45, 7) is 0. The lowest BCUT2D eigenvalue weighted by Crippen LogP contribution is -2.15. The van der Waals surface area contributed by atoms with Gasteiger partial charge in [-0.1, -0.05) is 6.07 Å². The fourth-order valence-corrected chi connectivity index (χ4v) is 2.86. The molecule has 0 aliphatic carbocycles. The first-order valence-corrected chi connectivity index (χ1v) is 8.36. The molecule has 0 radical (unpaired) electrons. The van der Waals surface area contributed by atoms with Gasteiger partial charge in [-0.2, -0.15) is 0 Å². The van der Waals surface area contributed by atoms with Crippen LogP contribution in [0.2, 0.25) is 0 Å². The van der Waals surface area contributed by atoms with E-state index in [2.05, 4.69) is 10.3 Å². The average Bonchev–Trinajstić information content (AvgIpc) is 2.62. The van der Waals surface area contributed by atoms with Gasteiger partial charge in [-0.15, -0.1) is 11.8 Å². The Labute approximate surface area is 149 Å². The topological polar surface area (TPSA) is 97.8 Å². The van der Waals surface area contributed by atoms with Crippen LogP contribution in [0.25, 0.3) is 0 Å². The molecule has 0 fully saturated rings. The zero-order chi connectivity index (χ0) is 18.2. The maximum absolute atomic E-state index is 12.1. The van der Waals surface area contributed by atoms with Gasteiger partial charge in [-0.3, -0.25) is 4.79 Å². The smallest absolute Gasteiger partial charge is 0.337 e. The van der Waals surface area contributed by atoms with Crippen LogP contribution in [0, 0.1) is 0 Å². The summed E-state index contributed by atoms with van der Waals surface area (Å²) < 4.78 is 10.2. The first-order valence-electron chi connectivity index (χ1n) is 7.38. The minimum absolute atomic E-state index is 0.0663. The highest BCUT2D eigenvalue weighted by Crippen LogP contribution is 2.33. The Morgan fingerprint density at radius 2 is 1.92 bits per heavy atom. The van der Waals surface area contributed by atoms with E-state index in [-0.39, 0.29) is 29.3 Å². The molecular formula is C17H18N2O5S. The minimum Gasteiger partial charge on any atom is -0.493 e. The fourth-order valence-electron chi connectivity index (χ4n) is 2.05. The zero-order valence-electron chi connectivity index (χ0n) is 13.8. The van der Waals surface area contributed by atoms with Crippen LogP contribution in [0.15, 0.2) is 41.6 Å². The fraction of sp³-hybridized carbons (Fsp3) is 0.235. The molecule has 2 rings (SSSR count). The molecule has 0 aliphatic rings. The van der Waals surface area contributed by atoms with Crippen molar-refractivity contribution in [3.8, 4) is 11.5 Å². The number of methoxy groups -OCH3 is 2. The second kappa shape index (κ2) is 8.93. The number of pyridine rings is 1. The minimum atomic E-state index is -1.17. The summed E-state index contributed by atoms with van der Waals surface area (Å²) in [6.07, 6.45) is 1.90. The lowest BCUT2D eigenvalue weighted by molar-refractivity contribution is -0.115. The summed E-state index contributed by atoms with van der Waals surface area (Å²) in [6, 6.07) is 8.31. The molecule has 8 heteroatoms. The highest BCUT2D eigenvalue weighted by atomic mass is 32.2. The van der Waals surface area contributed by atoms with Crippen molar-refractivity contribution in [3.63, 3.8) is 0 Å². The van der Waals surface area contributed by atoms with Crippen LogP contribution in [0.5, 0.6) is 11.5 Å². The molecule has 2 aromatic rings. The number of aromatic carboxylic acids is 1. The van der Waals surface area contributed by atoms with E-state index in [1.165, 1.54) is 38.1 Å². The van der Waals surface area contributed by atoms with Crippen molar-refractivity contribution in [1.82, 2.24) is 4.98 Å². The van der Waals surface area contributed by atoms with Crippen LogP contribution in [0.4, 0.5) is 5.69 Å². The molecule has 1 aromatic carbocycles. The van der Waals surface area contributed by atoms with Crippen LogP contribution < -0.4 is 14.8 Å². The van der Waals surface area contributed by atoms with Gasteiger partial charge in [0.1, 0.15) is 0 Å². The monoisotopic (exact) mass is 362 g/mol. The SMILES string of the molecule is COc1cc(NC(=O)CCSc2ccccn2)c(C(=O)O)cc1OC. The number of nitrogens with zero attached hydrogens (tertiary/aromatic N) is 1. The second-order valence-corrected chi connectivity index (χ2v) is 5.99. The summed E-state index contributed by atoms with van der Waals surface area (Å²) in [5, 5.41) is 12.8. The number of carboxylic acid groups (broad SMARTS) is 1. The lowest BCUT2D eigenvalue weighted by atomic mass is 10.1. The van der Waals surface area contributed by atoms with Crippen LogP contribution >= 0.6 is 11.8 Å². The van der Waals surface area contributed by atoms with E-state index in [0.29, 0.717) is 11.5 Å². The Bertz CT molecular complexity index is 752. The lowest BCUT2D eigenvalue weighted by Gasteiger charge is -2.13. The molecule has 1 aromatic heterocycles. The average molecular weight is 362 g/mol. The number of rotatable bonds is 8. The van der Waals surface area contributed by atoms with Crippen molar-refractivity contribution in [2.75, 3.05) is 25.3 Å². The molecule has 7 nitrogen and oxygen atoms in total. The van der Waals surface area contributed by atoms with Crippen molar-refractivity contribution in [2.24, 2.45) is 0 Å². The van der Waals surface area contributed by atoms with E-state index >= 15 is 0 Å². The number of carbonyl (C=O) groups excluding carboxylic acids is 1. The summed E-state index contributed by atoms with van der Waals surface area (Å²) in [7, 11) is 2.85. The molecule has 2 N–H and O–H groups in total. The Morgan fingerprint density at radius 1 is 1.20 bits per heavy atom. The van der Waals surface area contributed by atoms with Crippen molar-refractivity contribution in [3.05, 3.63) is 42.1 Å². The number of anilines is 1. The van der Waals surface area contributed by atoms with Crippen molar-refractivity contribution in [2.45, 2.75) is 11.4 Å². The van der Waals surface area contributed by atoms with Gasteiger partial charge in [0.2, 0.25) is 5.91 Å². The van der Waals surface area contributed by atoms with Crippen LogP contribution in [-0.4, -0.2) is 41.9 Å². The zero-order valence-corrected chi connectivity index (χ0v) is 14.6. The normalized spacial score (nSPS) is 10.2. The molecule has 0 bridgehead atoms. The van der Waals surface area contributed by atoms with Crippen LogP contribution in [0.1, 0.15) is 16.8 Å². The standard InChI is InChI=1S/C17H18N2O5S/c1-23-13-9-11(17(21)22)12(10-14(13)24-2)19-15(20)6-8-25-16-5-3-4-7-18-16/h3-5,7,9-10H,6,8H2,1-2H3,(H,19,20)(H,21,22). The highest BCUT2D eigenvalue weighted by molar-refractivity contribution is 7.99. The van der Waals surface area contributed by atoms with E-state index < -0.39 is 5.97 Å². The Kier molecular flexibility index (Phi) is 6.64. The molecule has 0 saturated carbocycles. The molecule has 1 heterocycles. The van der Waals surface area contributed by atoms with E-state index in [1.54, 1.807) is 6.20 Å². The number of ether oxygens (including phenoxy) is 2. The number of amides is 1. The van der Waals surface area contributed by atoms with Gasteiger partial charge in [0.05, 0.1) is 30.5 Å². The first kappa shape index (κ1) is 18.6. The van der Waals surface area contributed by atoms with E-state index in [1.807, 2.05) is 18.2 Å². The van der Waals surface area contributed by atoms with Crippen molar-refractivity contribution < 1.29 is 24.2 Å². The number of aromatic nitrogens is 1. The van der Waals surface area contributed by atoms with Gasteiger partial charge in [-0.05, 0) is 12.1 Å². The van der Waals surface area contributed by atoms with Crippen molar-refractivity contribution in [1.29, 1.82) is 0 Å². The van der Waals surface area contributed by atoms with Gasteiger partial charge in [-0.25, -0.2) is 9.78 Å². The molecule has 1 amide bonds. The molecule has 25 heavy (non-hydrogen) atoms. The molecule has 132 valence electrons. The molecule has 0 atom stereocenters. The molecule has 0 unspecified atom stereocenters.